The molecule has 3 nitrogen and oxygen atoms in total. The number of furan rings is 1. The van der Waals surface area contributed by atoms with Crippen molar-refractivity contribution in [3.05, 3.63) is 35.6 Å². The van der Waals surface area contributed by atoms with E-state index in [2.05, 4.69) is 5.32 Å². The van der Waals surface area contributed by atoms with E-state index in [9.17, 15) is 8.78 Å². The Kier molecular flexibility index (Phi) is 4.40. The smallest absolute Gasteiger partial charge is 0.282 e. The molecule has 0 fully saturated rings. The zero-order chi connectivity index (χ0) is 14.8. The van der Waals surface area contributed by atoms with Crippen LogP contribution in [0.25, 0.3) is 11.0 Å². The van der Waals surface area contributed by atoms with Gasteiger partial charge in [-0.3, -0.25) is 0 Å². The normalized spacial score (nSPS) is 13.8. The van der Waals surface area contributed by atoms with Crippen LogP contribution in [0.4, 0.5) is 8.78 Å². The van der Waals surface area contributed by atoms with Crippen molar-refractivity contribution >= 4 is 11.0 Å². The maximum atomic E-state index is 13.1. The van der Waals surface area contributed by atoms with Crippen molar-refractivity contribution in [3.63, 3.8) is 0 Å². The first-order valence-electron chi connectivity index (χ1n) is 6.71. The monoisotopic (exact) mass is 283 g/mol. The zero-order valence-electron chi connectivity index (χ0n) is 11.6. The van der Waals surface area contributed by atoms with Crippen LogP contribution in [-0.4, -0.2) is 24.2 Å². The molecule has 20 heavy (non-hydrogen) atoms. The van der Waals surface area contributed by atoms with Crippen LogP contribution in [0.1, 0.15) is 31.2 Å². The summed E-state index contributed by atoms with van der Waals surface area (Å²) in [6.07, 6.45) is 0.773. The van der Waals surface area contributed by atoms with Crippen molar-refractivity contribution in [2.45, 2.75) is 32.2 Å². The van der Waals surface area contributed by atoms with E-state index in [4.69, 9.17) is 9.52 Å². The molecule has 2 N–H and O–H groups in total. The van der Waals surface area contributed by atoms with Gasteiger partial charge in [-0.15, -0.1) is 0 Å². The first-order valence-corrected chi connectivity index (χ1v) is 6.71. The number of fused-ring (bicyclic) bond motifs is 1. The van der Waals surface area contributed by atoms with Crippen LogP contribution in [0.5, 0.6) is 0 Å². The molecule has 1 heterocycles. The number of aryl methyl sites for hydroxylation is 1. The average Bonchev–Trinajstić information content (AvgIpc) is 2.83. The van der Waals surface area contributed by atoms with Crippen LogP contribution in [0, 0.1) is 0 Å². The summed E-state index contributed by atoms with van der Waals surface area (Å²) in [6.45, 7) is 2.05. The van der Waals surface area contributed by atoms with Crippen molar-refractivity contribution in [2.75, 3.05) is 13.2 Å². The van der Waals surface area contributed by atoms with Crippen molar-refractivity contribution in [3.8, 4) is 0 Å². The van der Waals surface area contributed by atoms with Gasteiger partial charge in [0.2, 0.25) is 0 Å². The number of alkyl halides is 2. The van der Waals surface area contributed by atoms with Crippen molar-refractivity contribution in [1.82, 2.24) is 5.32 Å². The quantitative estimate of drug-likeness (QED) is 0.855. The molecule has 1 unspecified atom stereocenters. The molecule has 1 aromatic heterocycles. The van der Waals surface area contributed by atoms with Crippen LogP contribution in [0.15, 0.2) is 28.7 Å². The molecule has 0 radical (unpaired) electrons. The Hall–Kier alpha value is -1.46. The number of para-hydroxylation sites is 1. The lowest BCUT2D eigenvalue weighted by atomic mass is 10.0. The highest BCUT2D eigenvalue weighted by Crippen LogP contribution is 2.30. The second kappa shape index (κ2) is 5.89. The first-order chi connectivity index (χ1) is 9.48. The van der Waals surface area contributed by atoms with Crippen LogP contribution in [0.3, 0.4) is 0 Å². The lowest BCUT2D eigenvalue weighted by Gasteiger charge is -2.18. The number of hydrogen-bond acceptors (Lipinski definition) is 3. The summed E-state index contributed by atoms with van der Waals surface area (Å²) in [5.74, 6) is -2.44. The standard InChI is InChI=1S/C15H19F2NO2/c1-3-11-12-6-4-5-7-13(12)20-14(11)10(2)18-8-15(16,17)9-19/h4-7,10,18-19H,3,8-9H2,1-2H3. The van der Waals surface area contributed by atoms with Gasteiger partial charge in [0, 0.05) is 10.9 Å². The van der Waals surface area contributed by atoms with Crippen LogP contribution < -0.4 is 5.32 Å². The maximum Gasteiger partial charge on any atom is 0.282 e. The number of halogens is 2. The summed E-state index contributed by atoms with van der Waals surface area (Å²) in [4.78, 5) is 0. The van der Waals surface area contributed by atoms with Gasteiger partial charge in [-0.05, 0) is 19.4 Å². The molecule has 0 aliphatic rings. The molecule has 5 heteroatoms. The molecule has 0 aliphatic heterocycles. The zero-order valence-corrected chi connectivity index (χ0v) is 11.6. The molecule has 0 spiro atoms. The number of aliphatic hydroxyl groups excluding tert-OH is 1. The summed E-state index contributed by atoms with van der Waals surface area (Å²) in [6, 6.07) is 7.31. The summed E-state index contributed by atoms with van der Waals surface area (Å²) >= 11 is 0. The number of nitrogens with one attached hydrogen (secondary N) is 1. The van der Waals surface area contributed by atoms with E-state index < -0.39 is 19.1 Å². The van der Waals surface area contributed by atoms with Gasteiger partial charge < -0.3 is 14.8 Å². The second-order valence-electron chi connectivity index (χ2n) is 4.91. The molecule has 2 aromatic rings. The van der Waals surface area contributed by atoms with E-state index in [-0.39, 0.29) is 6.04 Å². The molecular weight excluding hydrogens is 264 g/mol. The fourth-order valence-corrected chi connectivity index (χ4v) is 2.28. The van der Waals surface area contributed by atoms with Gasteiger partial charge in [0.15, 0.2) is 0 Å². The Balaban J connectivity index is 2.23. The van der Waals surface area contributed by atoms with E-state index in [1.165, 1.54) is 0 Å². The van der Waals surface area contributed by atoms with E-state index >= 15 is 0 Å². The highest BCUT2D eigenvalue weighted by Gasteiger charge is 2.29. The lowest BCUT2D eigenvalue weighted by Crippen LogP contribution is -2.37. The van der Waals surface area contributed by atoms with Crippen molar-refractivity contribution in [1.29, 1.82) is 0 Å². The predicted molar refractivity (Wildman–Crippen MR) is 74.0 cm³/mol. The van der Waals surface area contributed by atoms with Gasteiger partial charge in [-0.25, -0.2) is 8.78 Å². The van der Waals surface area contributed by atoms with Gasteiger partial charge in [-0.1, -0.05) is 25.1 Å². The van der Waals surface area contributed by atoms with Crippen LogP contribution in [0.2, 0.25) is 0 Å². The Morgan fingerprint density at radius 1 is 1.35 bits per heavy atom. The van der Waals surface area contributed by atoms with E-state index in [1.807, 2.05) is 31.2 Å². The Morgan fingerprint density at radius 2 is 2.05 bits per heavy atom. The van der Waals surface area contributed by atoms with Gasteiger partial charge >= 0.3 is 0 Å². The van der Waals surface area contributed by atoms with Crippen LogP contribution in [-0.2, 0) is 6.42 Å². The fourth-order valence-electron chi connectivity index (χ4n) is 2.28. The first kappa shape index (κ1) is 14.9. The van der Waals surface area contributed by atoms with Gasteiger partial charge in [0.1, 0.15) is 18.0 Å². The SMILES string of the molecule is CCc1c(C(C)NCC(F)(F)CO)oc2ccccc12. The minimum atomic E-state index is -3.12. The van der Waals surface area contributed by atoms with E-state index in [1.54, 1.807) is 6.92 Å². The molecule has 0 saturated carbocycles. The minimum absolute atomic E-state index is 0.338. The van der Waals surface area contributed by atoms with Gasteiger partial charge in [-0.2, -0.15) is 0 Å². The summed E-state index contributed by atoms with van der Waals surface area (Å²) in [5, 5.41) is 12.3. The highest BCUT2D eigenvalue weighted by atomic mass is 19.3. The molecule has 1 atom stereocenters. The molecule has 110 valence electrons. The maximum absolute atomic E-state index is 13.1. The lowest BCUT2D eigenvalue weighted by molar-refractivity contribution is -0.0493. The largest absolute Gasteiger partial charge is 0.459 e. The topological polar surface area (TPSA) is 45.4 Å². The third kappa shape index (κ3) is 2.99. The number of aliphatic hydroxyl groups is 1. The molecule has 0 amide bonds. The second-order valence-corrected chi connectivity index (χ2v) is 4.91. The highest BCUT2D eigenvalue weighted by molar-refractivity contribution is 5.82. The van der Waals surface area contributed by atoms with Gasteiger partial charge in [0.25, 0.3) is 5.92 Å². The molecule has 2 rings (SSSR count). The third-order valence-corrected chi connectivity index (χ3v) is 3.37. The summed E-state index contributed by atoms with van der Waals surface area (Å²) in [5.41, 5.74) is 1.80. The van der Waals surface area contributed by atoms with Crippen molar-refractivity contribution in [2.24, 2.45) is 0 Å². The van der Waals surface area contributed by atoms with Gasteiger partial charge in [0.05, 0.1) is 12.6 Å². The summed E-state index contributed by atoms with van der Waals surface area (Å²) < 4.78 is 31.9. The average molecular weight is 283 g/mol. The number of rotatable bonds is 6. The molecule has 1 aromatic carbocycles. The minimum Gasteiger partial charge on any atom is -0.459 e. The van der Waals surface area contributed by atoms with Crippen LogP contribution >= 0.6 is 0 Å². The molecule has 0 bridgehead atoms. The Labute approximate surface area is 116 Å². The predicted octanol–water partition coefficient (Wildman–Crippen LogP) is 3.27. The summed E-state index contributed by atoms with van der Waals surface area (Å²) in [7, 11) is 0. The van der Waals surface area contributed by atoms with E-state index in [0.29, 0.717) is 5.76 Å². The number of benzene rings is 1. The molecule has 0 saturated heterocycles. The number of hydrogen-bond donors (Lipinski definition) is 2. The Bertz CT molecular complexity index is 580. The molecule has 0 aliphatic carbocycles. The van der Waals surface area contributed by atoms with Crippen molar-refractivity contribution < 1.29 is 18.3 Å². The fraction of sp³-hybridized carbons (Fsp3) is 0.467. The molecular formula is C15H19F2NO2. The van der Waals surface area contributed by atoms with E-state index in [0.717, 1.165) is 23.0 Å². The third-order valence-electron chi connectivity index (χ3n) is 3.37. The Morgan fingerprint density at radius 3 is 2.70 bits per heavy atom.